The first kappa shape index (κ1) is 31.3. The second kappa shape index (κ2) is 11.9. The van der Waals surface area contributed by atoms with Crippen LogP contribution in [0.4, 0.5) is 0 Å². The van der Waals surface area contributed by atoms with Crippen LogP contribution in [0.15, 0.2) is 48.5 Å². The first-order valence-corrected chi connectivity index (χ1v) is 12.8. The van der Waals surface area contributed by atoms with Crippen LogP contribution in [0.3, 0.4) is 0 Å². The molecule has 0 bridgehead atoms. The van der Waals surface area contributed by atoms with Crippen LogP contribution < -0.4 is 0 Å². The molecule has 3 aliphatic heterocycles. The predicted octanol–water partition coefficient (Wildman–Crippen LogP) is -1.51. The number of methoxy groups -OCH3 is 2. The maximum atomic E-state index is 12.3. The zero-order valence-corrected chi connectivity index (χ0v) is 22.7. The molecule has 3 heterocycles. The number of cyclic esters (lactones) is 1. The summed E-state index contributed by atoms with van der Waals surface area (Å²) < 4.78 is 25.5. The number of aliphatic hydroxyl groups excluding tert-OH is 3. The topological polar surface area (TPSA) is 219 Å². The van der Waals surface area contributed by atoms with Gasteiger partial charge in [0, 0.05) is 27.1 Å². The lowest BCUT2D eigenvalue weighted by Crippen LogP contribution is -2.60. The number of aromatic hydroxyl groups is 2. The SMILES string of the molecule is CO[C@]1(Cc2ccc(O)cc2)C(=O)O[C@@H]2[C@@H](O)CO[C@@]21O.CO[C@]1(Cc2ccc(O)cc2)C(=O)O[C@H]([C@@H](O)CO)C1=O. The fraction of sp³-hybridized carbons (Fsp3) is 0.464. The molecular formula is C28H32O14. The second-order valence-corrected chi connectivity index (χ2v) is 10.1. The van der Waals surface area contributed by atoms with Crippen molar-refractivity contribution in [1.82, 2.24) is 0 Å². The number of ether oxygens (including phenoxy) is 5. The third-order valence-corrected chi connectivity index (χ3v) is 7.58. The largest absolute Gasteiger partial charge is 0.508 e. The van der Waals surface area contributed by atoms with E-state index in [0.717, 1.165) is 0 Å². The molecule has 0 spiro atoms. The van der Waals surface area contributed by atoms with E-state index >= 15 is 0 Å². The van der Waals surface area contributed by atoms with Gasteiger partial charge < -0.3 is 54.3 Å². The number of ketones is 1. The van der Waals surface area contributed by atoms with Crippen LogP contribution in [0, 0.1) is 0 Å². The molecule has 14 nitrogen and oxygen atoms in total. The van der Waals surface area contributed by atoms with E-state index in [1.807, 2.05) is 0 Å². The van der Waals surface area contributed by atoms with Crippen molar-refractivity contribution in [2.75, 3.05) is 27.4 Å². The Morgan fingerprint density at radius 1 is 0.881 bits per heavy atom. The summed E-state index contributed by atoms with van der Waals surface area (Å²) in [6.45, 7) is -0.849. The van der Waals surface area contributed by atoms with Gasteiger partial charge in [-0.25, -0.2) is 9.59 Å². The molecule has 6 N–H and O–H groups in total. The molecule has 0 aliphatic carbocycles. The zero-order chi connectivity index (χ0) is 30.9. The molecule has 5 rings (SSSR count). The quantitative estimate of drug-likeness (QED) is 0.152. The summed E-state index contributed by atoms with van der Waals surface area (Å²) in [5, 5.41) is 57.4. The normalized spacial score (nSPS) is 32.5. The van der Waals surface area contributed by atoms with Crippen molar-refractivity contribution < 1.29 is 68.7 Å². The lowest BCUT2D eigenvalue weighted by Gasteiger charge is -2.35. The van der Waals surface area contributed by atoms with Gasteiger partial charge in [0.25, 0.3) is 0 Å². The van der Waals surface area contributed by atoms with Crippen molar-refractivity contribution in [3.8, 4) is 11.5 Å². The highest BCUT2D eigenvalue weighted by atomic mass is 16.7. The van der Waals surface area contributed by atoms with Crippen molar-refractivity contribution >= 4 is 17.7 Å². The van der Waals surface area contributed by atoms with Crippen LogP contribution in [-0.2, 0) is 50.9 Å². The number of hydrogen-bond acceptors (Lipinski definition) is 14. The Balaban J connectivity index is 0.000000193. The van der Waals surface area contributed by atoms with Gasteiger partial charge in [-0.3, -0.25) is 4.79 Å². The minimum atomic E-state index is -2.05. The molecular weight excluding hydrogens is 560 g/mol. The van der Waals surface area contributed by atoms with Gasteiger partial charge in [0.05, 0.1) is 13.2 Å². The molecule has 0 amide bonds. The van der Waals surface area contributed by atoms with E-state index in [1.54, 1.807) is 24.3 Å². The van der Waals surface area contributed by atoms with Gasteiger partial charge in [0.15, 0.2) is 12.2 Å². The number of rotatable bonds is 8. The maximum Gasteiger partial charge on any atom is 0.347 e. The molecule has 2 aromatic carbocycles. The summed E-state index contributed by atoms with van der Waals surface area (Å²) in [6.07, 6.45) is -5.31. The highest BCUT2D eigenvalue weighted by molar-refractivity contribution is 6.14. The van der Waals surface area contributed by atoms with Gasteiger partial charge in [0.2, 0.25) is 22.8 Å². The molecule has 0 saturated carbocycles. The number of phenols is 2. The van der Waals surface area contributed by atoms with E-state index in [4.69, 9.17) is 28.8 Å². The van der Waals surface area contributed by atoms with Crippen LogP contribution in [0.1, 0.15) is 11.1 Å². The molecule has 3 fully saturated rings. The summed E-state index contributed by atoms with van der Waals surface area (Å²) >= 11 is 0. The van der Waals surface area contributed by atoms with Gasteiger partial charge in [0.1, 0.15) is 23.7 Å². The van der Waals surface area contributed by atoms with Crippen LogP contribution in [0.25, 0.3) is 0 Å². The first-order chi connectivity index (χ1) is 19.9. The van der Waals surface area contributed by atoms with E-state index in [1.165, 1.54) is 38.5 Å². The van der Waals surface area contributed by atoms with Crippen molar-refractivity contribution in [3.05, 3.63) is 59.7 Å². The molecule has 228 valence electrons. The number of fused-ring (bicyclic) bond motifs is 1. The zero-order valence-electron chi connectivity index (χ0n) is 22.7. The summed E-state index contributed by atoms with van der Waals surface area (Å²) in [6, 6.07) is 12.1. The molecule has 0 unspecified atom stereocenters. The summed E-state index contributed by atoms with van der Waals surface area (Å²) in [4.78, 5) is 36.6. The fourth-order valence-corrected chi connectivity index (χ4v) is 5.17. The van der Waals surface area contributed by atoms with Crippen molar-refractivity contribution in [3.63, 3.8) is 0 Å². The van der Waals surface area contributed by atoms with Crippen molar-refractivity contribution in [2.24, 2.45) is 0 Å². The number of esters is 2. The van der Waals surface area contributed by atoms with E-state index in [9.17, 15) is 39.9 Å². The molecule has 42 heavy (non-hydrogen) atoms. The van der Waals surface area contributed by atoms with Crippen molar-refractivity contribution in [2.45, 2.75) is 54.2 Å². The number of carbonyl (C=O) groups excluding carboxylic acids is 3. The van der Waals surface area contributed by atoms with Crippen LogP contribution in [0.2, 0.25) is 0 Å². The van der Waals surface area contributed by atoms with E-state index < -0.39 is 65.7 Å². The number of phenolic OH excluding ortho intramolecular Hbond substituents is 2. The van der Waals surface area contributed by atoms with Crippen molar-refractivity contribution in [1.29, 1.82) is 0 Å². The van der Waals surface area contributed by atoms with Crippen LogP contribution in [-0.4, -0.2) is 117 Å². The summed E-state index contributed by atoms with van der Waals surface area (Å²) in [7, 11) is 2.48. The van der Waals surface area contributed by atoms with Gasteiger partial charge >= 0.3 is 11.9 Å². The minimum Gasteiger partial charge on any atom is -0.508 e. The standard InChI is InChI=1S/2C14H16O7/c1-19-13(6-8-2-4-9(15)5-3-8)12(17)21-11-10(16)7-20-14(11,13)18;1-20-14(6-8-2-4-9(16)5-3-8)12(18)11(10(17)7-15)21-13(14)19/h2-5,10-11,15-16,18H,6-7H2,1H3;2-5,10-11,15-17H,6-7H2,1H3/t10-,11+,13+,14-;10-,11+,14-/m00/s1. The maximum absolute atomic E-state index is 12.3. The van der Waals surface area contributed by atoms with Gasteiger partial charge in [-0.2, -0.15) is 0 Å². The summed E-state index contributed by atoms with van der Waals surface area (Å²) in [5.41, 5.74) is -2.38. The monoisotopic (exact) mass is 592 g/mol. The highest BCUT2D eigenvalue weighted by Crippen LogP contribution is 2.46. The lowest BCUT2D eigenvalue weighted by molar-refractivity contribution is -0.269. The van der Waals surface area contributed by atoms with E-state index in [-0.39, 0.29) is 30.9 Å². The van der Waals surface area contributed by atoms with Crippen LogP contribution >= 0.6 is 0 Å². The first-order valence-electron chi connectivity index (χ1n) is 12.8. The average Bonchev–Trinajstić information content (AvgIpc) is 3.50. The molecule has 14 heteroatoms. The van der Waals surface area contributed by atoms with Gasteiger partial charge in [-0.1, -0.05) is 24.3 Å². The highest BCUT2D eigenvalue weighted by Gasteiger charge is 2.74. The molecule has 3 aliphatic rings. The molecule has 0 radical (unpaired) electrons. The Morgan fingerprint density at radius 2 is 1.43 bits per heavy atom. The Morgan fingerprint density at radius 3 is 1.93 bits per heavy atom. The Kier molecular flexibility index (Phi) is 8.89. The molecule has 3 saturated heterocycles. The Bertz CT molecular complexity index is 1300. The predicted molar refractivity (Wildman–Crippen MR) is 138 cm³/mol. The number of Topliss-reactive ketones (excluding diaryl/α,β-unsaturated/α-hetero) is 1. The number of benzene rings is 2. The lowest BCUT2D eigenvalue weighted by atomic mass is 9.85. The Hall–Kier alpha value is -3.63. The number of aliphatic hydroxyl groups is 4. The average molecular weight is 593 g/mol. The third-order valence-electron chi connectivity index (χ3n) is 7.58. The van der Waals surface area contributed by atoms with E-state index in [0.29, 0.717) is 11.1 Å². The fourth-order valence-electron chi connectivity index (χ4n) is 5.17. The smallest absolute Gasteiger partial charge is 0.347 e. The second-order valence-electron chi connectivity index (χ2n) is 10.1. The van der Waals surface area contributed by atoms with Crippen LogP contribution in [0.5, 0.6) is 11.5 Å². The molecule has 7 atom stereocenters. The number of hydrogen-bond donors (Lipinski definition) is 6. The summed E-state index contributed by atoms with van der Waals surface area (Å²) in [5.74, 6) is -4.33. The molecule has 0 aromatic heterocycles. The van der Waals surface area contributed by atoms with Gasteiger partial charge in [-0.15, -0.1) is 0 Å². The molecule has 2 aromatic rings. The Labute approximate surface area is 239 Å². The minimum absolute atomic E-state index is 0.0116. The van der Waals surface area contributed by atoms with Gasteiger partial charge in [-0.05, 0) is 35.4 Å². The number of carbonyl (C=O) groups is 3. The van der Waals surface area contributed by atoms with E-state index in [2.05, 4.69) is 0 Å². The third kappa shape index (κ3) is 5.22.